The molecule has 2 aromatic heterocycles. The highest BCUT2D eigenvalue weighted by Gasteiger charge is 2.09. The highest BCUT2D eigenvalue weighted by Crippen LogP contribution is 2.21. The van der Waals surface area contributed by atoms with Crippen molar-refractivity contribution in [2.45, 2.75) is 20.5 Å². The number of aromatic amines is 1. The molecule has 0 amide bonds. The molecule has 0 bridgehead atoms. The van der Waals surface area contributed by atoms with Crippen molar-refractivity contribution in [1.29, 1.82) is 0 Å². The molecule has 0 saturated heterocycles. The van der Waals surface area contributed by atoms with Crippen molar-refractivity contribution in [1.82, 2.24) is 19.9 Å². The Morgan fingerprint density at radius 2 is 2.26 bits per heavy atom. The van der Waals surface area contributed by atoms with Gasteiger partial charge in [-0.25, -0.2) is 0 Å². The van der Waals surface area contributed by atoms with Crippen LogP contribution in [0.4, 0.5) is 0 Å². The number of hydrogen-bond acceptors (Lipinski definition) is 6. The number of aromatic hydroxyl groups is 1. The largest absolute Gasteiger partial charge is 0.505 e. The molecule has 2 heterocycles. The second-order valence-electron chi connectivity index (χ2n) is 3.92. The molecule has 0 saturated carbocycles. The maximum Gasteiger partial charge on any atom is 0.216 e. The van der Waals surface area contributed by atoms with Gasteiger partial charge >= 0.3 is 0 Å². The maximum atomic E-state index is 9.95. The third kappa shape index (κ3) is 2.54. The number of aryl methyl sites for hydroxylation is 2. The predicted molar refractivity (Wildman–Crippen MR) is 71.7 cm³/mol. The monoisotopic (exact) mass is 279 g/mol. The van der Waals surface area contributed by atoms with Crippen LogP contribution < -0.4 is 0 Å². The van der Waals surface area contributed by atoms with Gasteiger partial charge in [-0.1, -0.05) is 0 Å². The van der Waals surface area contributed by atoms with E-state index in [1.54, 1.807) is 13.8 Å². The van der Waals surface area contributed by atoms with Crippen LogP contribution >= 0.6 is 12.2 Å². The zero-order valence-corrected chi connectivity index (χ0v) is 11.3. The summed E-state index contributed by atoms with van der Waals surface area (Å²) in [4.78, 5) is 3.97. The lowest BCUT2D eigenvalue weighted by atomic mass is 10.1. The molecule has 0 aliphatic carbocycles. The SMILES string of the molecule is Cc1ncc(CO)c(/C=N/n2c(C)n[nH]c2=S)c1O. The minimum atomic E-state index is -0.238. The van der Waals surface area contributed by atoms with Crippen molar-refractivity contribution in [3.05, 3.63) is 33.6 Å². The minimum absolute atomic E-state index is 0.0111. The smallest absolute Gasteiger partial charge is 0.216 e. The van der Waals surface area contributed by atoms with Crippen LogP contribution in [0.2, 0.25) is 0 Å². The third-order valence-corrected chi connectivity index (χ3v) is 2.91. The Bertz CT molecular complexity index is 689. The molecule has 100 valence electrons. The zero-order valence-electron chi connectivity index (χ0n) is 10.5. The Morgan fingerprint density at radius 1 is 1.53 bits per heavy atom. The summed E-state index contributed by atoms with van der Waals surface area (Å²) in [5.41, 5.74) is 1.36. The van der Waals surface area contributed by atoms with E-state index in [4.69, 9.17) is 12.2 Å². The zero-order chi connectivity index (χ0) is 14.0. The van der Waals surface area contributed by atoms with Crippen LogP contribution in [0.1, 0.15) is 22.6 Å². The topological polar surface area (TPSA) is 99.3 Å². The lowest BCUT2D eigenvalue weighted by Gasteiger charge is -2.06. The van der Waals surface area contributed by atoms with Gasteiger partial charge in [-0.3, -0.25) is 10.1 Å². The van der Waals surface area contributed by atoms with Gasteiger partial charge in [0.2, 0.25) is 4.77 Å². The third-order valence-electron chi connectivity index (χ3n) is 2.64. The molecule has 0 aliphatic heterocycles. The Hall–Kier alpha value is -2.06. The van der Waals surface area contributed by atoms with Gasteiger partial charge in [0.1, 0.15) is 11.6 Å². The Balaban J connectivity index is 2.49. The van der Waals surface area contributed by atoms with Gasteiger partial charge < -0.3 is 10.2 Å². The fraction of sp³-hybridized carbons (Fsp3) is 0.273. The molecule has 0 fully saturated rings. The number of aromatic nitrogens is 4. The summed E-state index contributed by atoms with van der Waals surface area (Å²) in [5, 5.41) is 29.9. The van der Waals surface area contributed by atoms with Gasteiger partial charge in [0.25, 0.3) is 0 Å². The van der Waals surface area contributed by atoms with E-state index in [-0.39, 0.29) is 12.4 Å². The number of rotatable bonds is 3. The van der Waals surface area contributed by atoms with E-state index in [1.807, 2.05) is 0 Å². The molecule has 0 spiro atoms. The Morgan fingerprint density at radius 3 is 2.84 bits per heavy atom. The van der Waals surface area contributed by atoms with Crippen LogP contribution in [0.25, 0.3) is 0 Å². The molecule has 19 heavy (non-hydrogen) atoms. The number of aliphatic hydroxyl groups excluding tert-OH is 1. The fourth-order valence-corrected chi connectivity index (χ4v) is 1.77. The van der Waals surface area contributed by atoms with Crippen LogP contribution in [0, 0.1) is 18.6 Å². The van der Waals surface area contributed by atoms with Gasteiger partial charge in [-0.15, -0.1) is 0 Å². The highest BCUT2D eigenvalue weighted by atomic mass is 32.1. The molecule has 3 N–H and O–H groups in total. The van der Waals surface area contributed by atoms with Crippen LogP contribution in [0.15, 0.2) is 11.3 Å². The van der Waals surface area contributed by atoms with Crippen molar-refractivity contribution in [3.63, 3.8) is 0 Å². The molecule has 0 aliphatic rings. The molecular formula is C11H13N5O2S. The van der Waals surface area contributed by atoms with Crippen molar-refractivity contribution in [3.8, 4) is 5.75 Å². The second-order valence-corrected chi connectivity index (χ2v) is 4.31. The molecular weight excluding hydrogens is 266 g/mol. The van der Waals surface area contributed by atoms with Crippen LogP contribution in [0.5, 0.6) is 5.75 Å². The van der Waals surface area contributed by atoms with Crippen molar-refractivity contribution >= 4 is 18.4 Å². The molecule has 2 rings (SSSR count). The summed E-state index contributed by atoms with van der Waals surface area (Å²) in [6.45, 7) is 3.18. The first-order valence-electron chi connectivity index (χ1n) is 5.51. The summed E-state index contributed by atoms with van der Waals surface area (Å²) in [7, 11) is 0. The number of pyridine rings is 1. The lowest BCUT2D eigenvalue weighted by molar-refractivity contribution is 0.280. The minimum Gasteiger partial charge on any atom is -0.505 e. The molecule has 7 nitrogen and oxygen atoms in total. The van der Waals surface area contributed by atoms with Crippen molar-refractivity contribution in [2.24, 2.45) is 5.10 Å². The van der Waals surface area contributed by atoms with Crippen LogP contribution in [-0.2, 0) is 6.61 Å². The van der Waals surface area contributed by atoms with Gasteiger partial charge in [-0.05, 0) is 26.1 Å². The van der Waals surface area contributed by atoms with E-state index in [1.165, 1.54) is 17.1 Å². The standard InChI is InChI=1S/C11H13N5O2S/c1-6-10(18)9(8(5-17)3-12-6)4-13-16-7(2)14-15-11(16)19/h3-4,17-18H,5H2,1-2H3,(H,15,19)/b13-4+. The predicted octanol–water partition coefficient (Wildman–Crippen LogP) is 1.03. The number of hydrogen-bond donors (Lipinski definition) is 3. The number of nitrogens with one attached hydrogen (secondary N) is 1. The first-order valence-corrected chi connectivity index (χ1v) is 5.92. The van der Waals surface area contributed by atoms with E-state index >= 15 is 0 Å². The first-order chi connectivity index (χ1) is 9.04. The van der Waals surface area contributed by atoms with Gasteiger partial charge in [0.15, 0.2) is 0 Å². The molecule has 0 unspecified atom stereocenters. The molecule has 2 aromatic rings. The van der Waals surface area contributed by atoms with E-state index < -0.39 is 0 Å². The summed E-state index contributed by atoms with van der Waals surface area (Å²) >= 11 is 5.02. The van der Waals surface area contributed by atoms with E-state index in [0.29, 0.717) is 27.4 Å². The summed E-state index contributed by atoms with van der Waals surface area (Å²) in [6.07, 6.45) is 2.92. The average Bonchev–Trinajstić information content (AvgIpc) is 2.71. The molecule has 0 atom stereocenters. The fourth-order valence-electron chi connectivity index (χ4n) is 1.54. The second kappa shape index (κ2) is 5.29. The molecule has 0 radical (unpaired) electrons. The van der Waals surface area contributed by atoms with E-state index in [0.717, 1.165) is 0 Å². The normalized spacial score (nSPS) is 11.3. The lowest BCUT2D eigenvalue weighted by Crippen LogP contribution is -2.00. The summed E-state index contributed by atoms with van der Waals surface area (Å²) < 4.78 is 1.77. The summed E-state index contributed by atoms with van der Waals surface area (Å²) in [6, 6.07) is 0. The Kier molecular flexibility index (Phi) is 3.72. The van der Waals surface area contributed by atoms with Crippen LogP contribution in [-0.4, -0.2) is 36.3 Å². The number of aliphatic hydroxyl groups is 1. The number of H-pyrrole nitrogens is 1. The van der Waals surface area contributed by atoms with Crippen molar-refractivity contribution in [2.75, 3.05) is 0 Å². The van der Waals surface area contributed by atoms with Gasteiger partial charge in [-0.2, -0.15) is 14.9 Å². The summed E-state index contributed by atoms with van der Waals surface area (Å²) in [5.74, 6) is 0.583. The molecule has 8 heteroatoms. The van der Waals surface area contributed by atoms with Gasteiger partial charge in [0, 0.05) is 17.3 Å². The molecule has 0 aromatic carbocycles. The van der Waals surface area contributed by atoms with Crippen LogP contribution in [0.3, 0.4) is 0 Å². The maximum absolute atomic E-state index is 9.95. The number of nitrogens with zero attached hydrogens (tertiary/aromatic N) is 4. The van der Waals surface area contributed by atoms with E-state index in [9.17, 15) is 10.2 Å². The Labute approximate surface area is 114 Å². The average molecular weight is 279 g/mol. The quantitative estimate of drug-likeness (QED) is 0.575. The van der Waals surface area contributed by atoms with Gasteiger partial charge in [0.05, 0.1) is 18.5 Å². The van der Waals surface area contributed by atoms with Crippen molar-refractivity contribution < 1.29 is 10.2 Å². The highest BCUT2D eigenvalue weighted by molar-refractivity contribution is 7.71. The first kappa shape index (κ1) is 13.4. The van der Waals surface area contributed by atoms with E-state index in [2.05, 4.69) is 20.3 Å².